The highest BCUT2D eigenvalue weighted by atomic mass is 35.5. The monoisotopic (exact) mass is 222 g/mol. The van der Waals surface area contributed by atoms with Gasteiger partial charge in [0.25, 0.3) is 0 Å². The van der Waals surface area contributed by atoms with E-state index in [1.807, 2.05) is 0 Å². The van der Waals surface area contributed by atoms with Crippen LogP contribution in [0.4, 0.5) is 4.39 Å². The molecule has 0 saturated carbocycles. The number of nitrogens with two attached hydrogens (primary N) is 2. The molecule has 4 nitrogen and oxygen atoms in total. The third-order valence-electron chi connectivity index (χ3n) is 1.12. The molecule has 0 fully saturated rings. The lowest BCUT2D eigenvalue weighted by molar-refractivity contribution is -0.140. The number of carboxylic acid groups (broad SMARTS) is 1. The van der Waals surface area contributed by atoms with Crippen LogP contribution >= 0.6 is 24.8 Å². The minimum absolute atomic E-state index is 0. The van der Waals surface area contributed by atoms with Crippen molar-refractivity contribution in [1.82, 2.24) is 0 Å². The van der Waals surface area contributed by atoms with E-state index in [4.69, 9.17) is 16.6 Å². The Morgan fingerprint density at radius 1 is 1.50 bits per heavy atom. The number of hydrogen-bond donors (Lipinski definition) is 3. The fraction of sp³-hybridized carbons (Fsp3) is 0.800. The lowest BCUT2D eigenvalue weighted by atomic mass is 10.1. The summed E-state index contributed by atoms with van der Waals surface area (Å²) in [6.45, 7) is 0.113. The summed E-state index contributed by atoms with van der Waals surface area (Å²) < 4.78 is 12.5. The van der Waals surface area contributed by atoms with Gasteiger partial charge in [-0.25, -0.2) is 4.39 Å². The van der Waals surface area contributed by atoms with Gasteiger partial charge in [-0.15, -0.1) is 24.8 Å². The zero-order chi connectivity index (χ0) is 8.15. The topological polar surface area (TPSA) is 89.3 Å². The molecule has 0 radical (unpaired) electrons. The predicted molar refractivity (Wildman–Crippen MR) is 48.7 cm³/mol. The lowest BCUT2D eigenvalue weighted by Crippen LogP contribution is -2.40. The summed E-state index contributed by atoms with van der Waals surface area (Å²) in [7, 11) is 0. The van der Waals surface area contributed by atoms with Crippen LogP contribution in [0, 0.1) is 0 Å². The number of halogens is 3. The molecule has 0 amide bonds. The molecule has 0 aromatic heterocycles. The Morgan fingerprint density at radius 3 is 2.17 bits per heavy atom. The van der Waals surface area contributed by atoms with Gasteiger partial charge in [-0.1, -0.05) is 0 Å². The highest BCUT2D eigenvalue weighted by molar-refractivity contribution is 5.85. The SMILES string of the molecule is Cl.Cl.NCCC(F)C(N)C(=O)O. The molecule has 0 aliphatic carbocycles. The summed E-state index contributed by atoms with van der Waals surface area (Å²) in [4.78, 5) is 10.0. The molecule has 0 bridgehead atoms. The fourth-order valence-electron chi connectivity index (χ4n) is 0.493. The Bertz CT molecular complexity index is 128. The molecule has 7 heteroatoms. The van der Waals surface area contributed by atoms with Crippen LogP contribution in [0.1, 0.15) is 6.42 Å². The molecule has 0 heterocycles. The van der Waals surface area contributed by atoms with E-state index in [0.717, 1.165) is 0 Å². The Hall–Kier alpha value is -0.100. The molecule has 2 atom stereocenters. The maximum absolute atomic E-state index is 12.5. The van der Waals surface area contributed by atoms with Gasteiger partial charge < -0.3 is 16.6 Å². The molecule has 2 unspecified atom stereocenters. The first-order valence-corrected chi connectivity index (χ1v) is 2.92. The zero-order valence-electron chi connectivity index (χ0n) is 6.27. The molecule has 0 aromatic rings. The van der Waals surface area contributed by atoms with Crippen LogP contribution in [0.5, 0.6) is 0 Å². The second-order valence-corrected chi connectivity index (χ2v) is 1.96. The van der Waals surface area contributed by atoms with Crippen molar-refractivity contribution in [3.05, 3.63) is 0 Å². The van der Waals surface area contributed by atoms with Crippen LogP contribution in [-0.4, -0.2) is 29.8 Å². The van der Waals surface area contributed by atoms with E-state index < -0.39 is 18.2 Å². The van der Waals surface area contributed by atoms with Crippen molar-refractivity contribution >= 4 is 30.8 Å². The van der Waals surface area contributed by atoms with E-state index in [0.29, 0.717) is 0 Å². The molecule has 0 spiro atoms. The summed E-state index contributed by atoms with van der Waals surface area (Å²) in [6.07, 6.45) is -1.55. The number of hydrogen-bond acceptors (Lipinski definition) is 3. The third-order valence-corrected chi connectivity index (χ3v) is 1.12. The van der Waals surface area contributed by atoms with Gasteiger partial charge in [-0.2, -0.15) is 0 Å². The van der Waals surface area contributed by atoms with Gasteiger partial charge in [-0.3, -0.25) is 4.79 Å². The summed E-state index contributed by atoms with van der Waals surface area (Å²) in [5.41, 5.74) is 9.89. The molecule has 0 saturated heterocycles. The van der Waals surface area contributed by atoms with Crippen molar-refractivity contribution in [2.24, 2.45) is 11.5 Å². The number of aliphatic carboxylic acids is 1. The normalized spacial score (nSPS) is 13.6. The van der Waals surface area contributed by atoms with Crippen molar-refractivity contribution in [3.63, 3.8) is 0 Å². The van der Waals surface area contributed by atoms with E-state index in [1.54, 1.807) is 0 Å². The number of carboxylic acids is 1. The zero-order valence-corrected chi connectivity index (χ0v) is 7.91. The minimum atomic E-state index is -1.54. The maximum Gasteiger partial charge on any atom is 0.323 e. The highest BCUT2D eigenvalue weighted by Gasteiger charge is 2.22. The molecule has 0 aliphatic heterocycles. The van der Waals surface area contributed by atoms with Gasteiger partial charge in [0.2, 0.25) is 0 Å². The number of carbonyl (C=O) groups is 1. The van der Waals surface area contributed by atoms with E-state index in [-0.39, 0.29) is 37.8 Å². The summed E-state index contributed by atoms with van der Waals surface area (Å²) in [6, 6.07) is -1.44. The van der Waals surface area contributed by atoms with Crippen molar-refractivity contribution < 1.29 is 14.3 Å². The molecule has 0 aromatic carbocycles. The molecular weight excluding hydrogens is 210 g/mol. The van der Waals surface area contributed by atoms with E-state index in [1.165, 1.54) is 0 Å². The number of alkyl halides is 1. The van der Waals surface area contributed by atoms with Crippen LogP contribution in [0.15, 0.2) is 0 Å². The third kappa shape index (κ3) is 6.60. The Labute approximate surface area is 82.3 Å². The molecule has 0 rings (SSSR count). The number of rotatable bonds is 4. The van der Waals surface area contributed by atoms with Crippen molar-refractivity contribution in [2.75, 3.05) is 6.54 Å². The largest absolute Gasteiger partial charge is 0.480 e. The molecule has 12 heavy (non-hydrogen) atoms. The van der Waals surface area contributed by atoms with Gasteiger partial charge in [0.05, 0.1) is 0 Å². The van der Waals surface area contributed by atoms with Gasteiger partial charge in [0.1, 0.15) is 12.2 Å². The summed E-state index contributed by atoms with van der Waals surface area (Å²) in [5.74, 6) is -1.33. The van der Waals surface area contributed by atoms with E-state index in [2.05, 4.69) is 0 Å². The average molecular weight is 223 g/mol. The predicted octanol–water partition coefficient (Wildman–Crippen LogP) is -0.0712. The first-order chi connectivity index (χ1) is 4.59. The molecule has 76 valence electrons. The van der Waals surface area contributed by atoms with Gasteiger partial charge >= 0.3 is 5.97 Å². The van der Waals surface area contributed by atoms with Crippen LogP contribution in [0.25, 0.3) is 0 Å². The summed E-state index contributed by atoms with van der Waals surface area (Å²) in [5, 5.41) is 8.17. The average Bonchev–Trinajstić information content (AvgIpc) is 1.87. The van der Waals surface area contributed by atoms with Gasteiger partial charge in [-0.05, 0) is 13.0 Å². The minimum Gasteiger partial charge on any atom is -0.480 e. The van der Waals surface area contributed by atoms with Crippen LogP contribution < -0.4 is 11.5 Å². The molecule has 0 aliphatic rings. The van der Waals surface area contributed by atoms with Crippen molar-refractivity contribution in [3.8, 4) is 0 Å². The van der Waals surface area contributed by atoms with Gasteiger partial charge in [0.15, 0.2) is 0 Å². The van der Waals surface area contributed by atoms with E-state index >= 15 is 0 Å². The van der Waals surface area contributed by atoms with Crippen LogP contribution in [0.2, 0.25) is 0 Å². The lowest BCUT2D eigenvalue weighted by Gasteiger charge is -2.09. The quantitative estimate of drug-likeness (QED) is 0.622. The Morgan fingerprint density at radius 2 is 1.92 bits per heavy atom. The maximum atomic E-state index is 12.5. The smallest absolute Gasteiger partial charge is 0.323 e. The first kappa shape index (κ1) is 17.8. The molecular formula is C5H13Cl2FN2O2. The Balaban J connectivity index is -0.000000405. The van der Waals surface area contributed by atoms with Gasteiger partial charge in [0, 0.05) is 0 Å². The second kappa shape index (κ2) is 8.99. The summed E-state index contributed by atoms with van der Waals surface area (Å²) >= 11 is 0. The van der Waals surface area contributed by atoms with Crippen LogP contribution in [-0.2, 0) is 4.79 Å². The van der Waals surface area contributed by atoms with Crippen LogP contribution in [0.3, 0.4) is 0 Å². The highest BCUT2D eigenvalue weighted by Crippen LogP contribution is 2.00. The van der Waals surface area contributed by atoms with Crippen molar-refractivity contribution in [1.29, 1.82) is 0 Å². The van der Waals surface area contributed by atoms with Crippen molar-refractivity contribution in [2.45, 2.75) is 18.6 Å². The standard InChI is InChI=1S/C5H11FN2O2.2ClH/c6-3(1-2-7)4(8)5(9)10;;/h3-4H,1-2,7-8H2,(H,9,10);2*1H. The molecule has 5 N–H and O–H groups in total. The first-order valence-electron chi connectivity index (χ1n) is 2.92. The Kier molecular flexibility index (Phi) is 13.4. The second-order valence-electron chi connectivity index (χ2n) is 1.96. The van der Waals surface area contributed by atoms with E-state index in [9.17, 15) is 9.18 Å². The fourth-order valence-corrected chi connectivity index (χ4v) is 0.493.